The van der Waals surface area contributed by atoms with E-state index in [1.807, 2.05) is 0 Å². The fourth-order valence-electron chi connectivity index (χ4n) is 4.22. The Hall–Kier alpha value is -5.54. The van der Waals surface area contributed by atoms with Gasteiger partial charge in [0.1, 0.15) is 5.02 Å². The first-order valence-electron chi connectivity index (χ1n) is 14.1. The summed E-state index contributed by atoms with van der Waals surface area (Å²) in [6.07, 6.45) is 1.69. The van der Waals surface area contributed by atoms with Crippen molar-refractivity contribution in [1.29, 1.82) is 0 Å². The van der Waals surface area contributed by atoms with Gasteiger partial charge in [0, 0.05) is 19.2 Å². The fourth-order valence-corrected chi connectivity index (χ4v) is 5.56. The highest BCUT2D eigenvalue weighted by Crippen LogP contribution is 2.28. The number of ether oxygens (including phenoxy) is 2. The Labute approximate surface area is 274 Å². The zero-order valence-electron chi connectivity index (χ0n) is 24.8. The minimum absolute atomic E-state index is 0.00634. The molecule has 242 valence electrons. The van der Waals surface area contributed by atoms with Gasteiger partial charge in [-0.05, 0) is 52.3 Å². The molecule has 1 amide bonds. The van der Waals surface area contributed by atoms with Gasteiger partial charge in [0.05, 0.1) is 42.0 Å². The first kappa shape index (κ1) is 32.8. The molecule has 47 heavy (non-hydrogen) atoms. The Balaban J connectivity index is 1.12. The normalized spacial score (nSPS) is 11.0. The molecule has 0 fully saturated rings. The summed E-state index contributed by atoms with van der Waals surface area (Å²) in [5, 5.41) is 15.6. The highest BCUT2D eigenvalue weighted by molar-refractivity contribution is 7.91. The van der Waals surface area contributed by atoms with E-state index in [2.05, 4.69) is 40.9 Å². The fraction of sp³-hybridized carbons (Fsp3) is 0.161. The van der Waals surface area contributed by atoms with E-state index in [9.17, 15) is 18.0 Å². The van der Waals surface area contributed by atoms with Gasteiger partial charge in [-0.25, -0.2) is 18.0 Å². The zero-order valence-corrected chi connectivity index (χ0v) is 26.4. The second kappa shape index (κ2) is 15.2. The molecule has 0 aliphatic heterocycles. The minimum atomic E-state index is -3.98. The highest BCUT2D eigenvalue weighted by atomic mass is 35.5. The van der Waals surface area contributed by atoms with E-state index in [-0.39, 0.29) is 59.5 Å². The summed E-state index contributed by atoms with van der Waals surface area (Å²) >= 11 is 6.32. The predicted molar refractivity (Wildman–Crippen MR) is 171 cm³/mol. The van der Waals surface area contributed by atoms with Crippen LogP contribution in [0.25, 0.3) is 0 Å². The van der Waals surface area contributed by atoms with Crippen LogP contribution >= 0.6 is 11.6 Å². The van der Waals surface area contributed by atoms with Crippen molar-refractivity contribution in [2.24, 2.45) is 0 Å². The second-order valence-corrected chi connectivity index (χ2v) is 12.0. The van der Waals surface area contributed by atoms with Gasteiger partial charge < -0.3 is 25.4 Å². The number of hydrogen-bond acceptors (Lipinski definition) is 13. The Bertz CT molecular complexity index is 1970. The average Bonchev–Trinajstić information content (AvgIpc) is 3.56. The first-order chi connectivity index (χ1) is 22.7. The third-order valence-corrected chi connectivity index (χ3v) is 8.38. The number of sulfone groups is 1. The van der Waals surface area contributed by atoms with Crippen LogP contribution in [0.4, 0.5) is 23.1 Å². The summed E-state index contributed by atoms with van der Waals surface area (Å²) in [4.78, 5) is 33.4. The van der Waals surface area contributed by atoms with E-state index < -0.39 is 20.8 Å². The van der Waals surface area contributed by atoms with E-state index in [1.165, 1.54) is 18.3 Å². The maximum Gasteiger partial charge on any atom is 0.310 e. The molecule has 2 aromatic heterocycles. The van der Waals surface area contributed by atoms with Gasteiger partial charge in [0.25, 0.3) is 16.8 Å². The number of carbonyl (C=O) groups is 2. The SMILES string of the molecule is CNC(=O)c1ccccc1Nc1nc(Nc2cccc(CC(=O)OCCCOc3nonc3S(=O)(=O)c3ccccc3)c2)ncc1Cl. The van der Waals surface area contributed by atoms with Crippen LogP contribution in [0.1, 0.15) is 22.3 Å². The molecule has 3 N–H and O–H groups in total. The number of carbonyl (C=O) groups excluding carboxylic acids is 2. The van der Waals surface area contributed by atoms with Crippen molar-refractivity contribution >= 4 is 56.5 Å². The summed E-state index contributed by atoms with van der Waals surface area (Å²) in [6.45, 7) is 0.0355. The van der Waals surface area contributed by atoms with Crippen LogP contribution in [-0.2, 0) is 25.8 Å². The summed E-state index contributed by atoms with van der Waals surface area (Å²) in [7, 11) is -2.43. The number of nitrogens with zero attached hydrogens (tertiary/aromatic N) is 4. The van der Waals surface area contributed by atoms with Crippen LogP contribution in [0.3, 0.4) is 0 Å². The monoisotopic (exact) mass is 677 g/mol. The molecule has 3 aromatic carbocycles. The number of aromatic nitrogens is 4. The smallest absolute Gasteiger partial charge is 0.310 e. The van der Waals surface area contributed by atoms with Gasteiger partial charge in [0.15, 0.2) is 5.82 Å². The summed E-state index contributed by atoms with van der Waals surface area (Å²) < 4.78 is 40.9. The van der Waals surface area contributed by atoms with Gasteiger partial charge in [-0.2, -0.15) is 4.98 Å². The Kier molecular flexibility index (Phi) is 10.6. The van der Waals surface area contributed by atoms with E-state index in [0.717, 1.165) is 0 Å². The molecule has 0 bridgehead atoms. The number of hydrogen-bond donors (Lipinski definition) is 3. The summed E-state index contributed by atoms with van der Waals surface area (Å²) in [5.74, 6) is -0.489. The van der Waals surface area contributed by atoms with E-state index in [1.54, 1.807) is 73.8 Å². The van der Waals surface area contributed by atoms with Crippen molar-refractivity contribution in [3.63, 3.8) is 0 Å². The first-order valence-corrected chi connectivity index (χ1v) is 16.0. The van der Waals surface area contributed by atoms with Crippen LogP contribution in [0.5, 0.6) is 5.88 Å². The lowest BCUT2D eigenvalue weighted by molar-refractivity contribution is -0.143. The Morgan fingerprint density at radius 2 is 1.72 bits per heavy atom. The number of anilines is 4. The van der Waals surface area contributed by atoms with Gasteiger partial charge in [-0.1, -0.05) is 54.1 Å². The van der Waals surface area contributed by atoms with Gasteiger partial charge in [-0.15, -0.1) is 0 Å². The van der Waals surface area contributed by atoms with E-state index in [4.69, 9.17) is 21.1 Å². The molecule has 5 aromatic rings. The Morgan fingerprint density at radius 3 is 2.53 bits per heavy atom. The van der Waals surface area contributed by atoms with Gasteiger partial charge >= 0.3 is 5.97 Å². The number of rotatable bonds is 14. The number of para-hydroxylation sites is 1. The maximum absolute atomic E-state index is 12.8. The maximum atomic E-state index is 12.8. The molecule has 0 aliphatic carbocycles. The molecule has 0 saturated carbocycles. The van der Waals surface area contributed by atoms with Crippen LogP contribution in [0.2, 0.25) is 5.02 Å². The number of benzene rings is 3. The zero-order chi connectivity index (χ0) is 33.2. The van der Waals surface area contributed by atoms with Crippen LogP contribution in [0.15, 0.2) is 99.6 Å². The van der Waals surface area contributed by atoms with Gasteiger partial charge in [0.2, 0.25) is 15.8 Å². The largest absolute Gasteiger partial charge is 0.473 e. The van der Waals surface area contributed by atoms with Crippen LogP contribution in [0, 0.1) is 0 Å². The van der Waals surface area contributed by atoms with E-state index in [0.29, 0.717) is 22.5 Å². The standard InChI is InChI=1S/C31H28ClN7O7S/c1-33-28(41)23-13-5-6-14-25(23)36-27-24(32)19-34-31(37-27)35-21-10-7-9-20(17-21)18-26(40)44-15-8-16-45-29-30(39-46-38-29)47(42,43)22-11-3-2-4-12-22/h2-7,9-14,17,19H,8,15-16,18H2,1H3,(H,33,41)(H2,34,35,36,37). The van der Waals surface area contributed by atoms with Crippen molar-refractivity contribution in [1.82, 2.24) is 25.6 Å². The average molecular weight is 678 g/mol. The lowest BCUT2D eigenvalue weighted by atomic mass is 10.1. The van der Waals surface area contributed by atoms with Crippen LogP contribution in [-0.4, -0.2) is 60.8 Å². The molecule has 16 heteroatoms. The van der Waals surface area contributed by atoms with Crippen molar-refractivity contribution in [3.05, 3.63) is 101 Å². The van der Waals surface area contributed by atoms with E-state index >= 15 is 0 Å². The number of halogens is 1. The molecule has 0 saturated heterocycles. The molecule has 14 nitrogen and oxygen atoms in total. The quantitative estimate of drug-likeness (QED) is 0.108. The molecule has 5 rings (SSSR count). The number of esters is 1. The molecule has 0 radical (unpaired) electrons. The van der Waals surface area contributed by atoms with Crippen molar-refractivity contribution in [2.45, 2.75) is 22.8 Å². The molecule has 2 heterocycles. The third-order valence-electron chi connectivity index (χ3n) is 6.46. The number of nitrogens with one attached hydrogen (secondary N) is 3. The lowest BCUT2D eigenvalue weighted by Crippen LogP contribution is -2.19. The van der Waals surface area contributed by atoms with Crippen molar-refractivity contribution in [3.8, 4) is 5.88 Å². The minimum Gasteiger partial charge on any atom is -0.473 e. The summed E-state index contributed by atoms with van der Waals surface area (Å²) in [5.41, 5.74) is 2.22. The topological polar surface area (TPSA) is 188 Å². The molecule has 0 spiro atoms. The predicted octanol–water partition coefficient (Wildman–Crippen LogP) is 4.75. The number of amides is 1. The van der Waals surface area contributed by atoms with Gasteiger partial charge in [-0.3, -0.25) is 9.59 Å². The molecular weight excluding hydrogens is 650 g/mol. The third kappa shape index (κ3) is 8.39. The molecule has 0 atom stereocenters. The highest BCUT2D eigenvalue weighted by Gasteiger charge is 2.28. The molecule has 0 unspecified atom stereocenters. The summed E-state index contributed by atoms with van der Waals surface area (Å²) in [6, 6.07) is 21.7. The Morgan fingerprint density at radius 1 is 0.936 bits per heavy atom. The molecular formula is C31H28ClN7O7S. The van der Waals surface area contributed by atoms with Crippen LogP contribution < -0.4 is 20.7 Å². The van der Waals surface area contributed by atoms with Crippen molar-refractivity contribution < 1.29 is 32.1 Å². The lowest BCUT2D eigenvalue weighted by Gasteiger charge is -2.13. The van der Waals surface area contributed by atoms with Crippen molar-refractivity contribution in [2.75, 3.05) is 30.9 Å². The molecule has 0 aliphatic rings. The second-order valence-electron chi connectivity index (χ2n) is 9.76.